The lowest BCUT2D eigenvalue weighted by Crippen LogP contribution is -2.33. The summed E-state index contributed by atoms with van der Waals surface area (Å²) >= 11 is 0. The first-order valence-electron chi connectivity index (χ1n) is 8.02. The Labute approximate surface area is 140 Å². The van der Waals surface area contributed by atoms with E-state index in [2.05, 4.69) is 21.4 Å². The van der Waals surface area contributed by atoms with Gasteiger partial charge in [-0.3, -0.25) is 4.79 Å². The van der Waals surface area contributed by atoms with Gasteiger partial charge in [0, 0.05) is 23.2 Å². The van der Waals surface area contributed by atoms with Crippen molar-refractivity contribution in [1.29, 1.82) is 5.26 Å². The predicted octanol–water partition coefficient (Wildman–Crippen LogP) is 2.82. The van der Waals surface area contributed by atoms with Crippen molar-refractivity contribution in [1.82, 2.24) is 15.3 Å². The average Bonchev–Trinajstić information content (AvgIpc) is 3.21. The Morgan fingerprint density at radius 1 is 1.46 bits per heavy atom. The van der Waals surface area contributed by atoms with Crippen molar-refractivity contribution >= 4 is 5.91 Å². The van der Waals surface area contributed by atoms with Crippen LogP contribution in [-0.4, -0.2) is 29.0 Å². The van der Waals surface area contributed by atoms with Gasteiger partial charge in [-0.25, -0.2) is 4.98 Å². The Bertz CT molecular complexity index is 791. The van der Waals surface area contributed by atoms with Gasteiger partial charge in [-0.05, 0) is 38.3 Å². The van der Waals surface area contributed by atoms with E-state index >= 15 is 0 Å². The number of rotatable bonds is 4. The second-order valence-electron chi connectivity index (χ2n) is 6.10. The molecular weight excluding hydrogens is 304 g/mol. The Morgan fingerprint density at radius 3 is 3.00 bits per heavy atom. The number of carbonyl (C=O) groups is 1. The molecular formula is C18H20N4O2. The lowest BCUT2D eigenvalue weighted by atomic mass is 10.1. The van der Waals surface area contributed by atoms with E-state index in [1.165, 1.54) is 0 Å². The zero-order chi connectivity index (χ0) is 17.1. The van der Waals surface area contributed by atoms with Gasteiger partial charge in [0.25, 0.3) is 5.91 Å². The molecule has 1 aromatic heterocycles. The van der Waals surface area contributed by atoms with Crippen LogP contribution in [0, 0.1) is 24.2 Å². The standard InChI is InChI=1S/C18H20N4O2/c1-11-16(18(23)21-14-7-6-12(8-14)10-19)22-17(20-11)13-4-3-5-15(9-13)24-2/h3-5,9,12,14H,6-8H2,1-2H3,(H,20,22)(H,21,23). The van der Waals surface area contributed by atoms with E-state index in [-0.39, 0.29) is 17.9 Å². The van der Waals surface area contributed by atoms with Gasteiger partial charge in [0.1, 0.15) is 17.3 Å². The molecule has 1 aromatic carbocycles. The van der Waals surface area contributed by atoms with Gasteiger partial charge in [0.2, 0.25) is 0 Å². The molecule has 0 radical (unpaired) electrons. The zero-order valence-corrected chi connectivity index (χ0v) is 13.8. The minimum Gasteiger partial charge on any atom is -0.497 e. The van der Waals surface area contributed by atoms with Crippen molar-refractivity contribution in [2.75, 3.05) is 7.11 Å². The monoisotopic (exact) mass is 324 g/mol. The fraction of sp³-hybridized carbons (Fsp3) is 0.389. The number of ether oxygens (including phenoxy) is 1. The van der Waals surface area contributed by atoms with Gasteiger partial charge < -0.3 is 15.0 Å². The summed E-state index contributed by atoms with van der Waals surface area (Å²) in [5.74, 6) is 1.23. The zero-order valence-electron chi connectivity index (χ0n) is 13.8. The van der Waals surface area contributed by atoms with Crippen LogP contribution in [0.3, 0.4) is 0 Å². The molecule has 2 unspecified atom stereocenters. The first kappa shape index (κ1) is 16.1. The number of aromatic amines is 1. The smallest absolute Gasteiger partial charge is 0.271 e. The van der Waals surface area contributed by atoms with E-state index in [1.54, 1.807) is 7.11 Å². The minimum absolute atomic E-state index is 0.0444. The highest BCUT2D eigenvalue weighted by molar-refractivity contribution is 5.94. The third-order valence-corrected chi connectivity index (χ3v) is 4.39. The molecule has 124 valence electrons. The summed E-state index contributed by atoms with van der Waals surface area (Å²) in [7, 11) is 1.61. The maximum absolute atomic E-state index is 12.5. The van der Waals surface area contributed by atoms with Gasteiger partial charge in [-0.1, -0.05) is 12.1 Å². The third kappa shape index (κ3) is 3.25. The number of aryl methyl sites for hydroxylation is 1. The number of amides is 1. The fourth-order valence-electron chi connectivity index (χ4n) is 3.07. The quantitative estimate of drug-likeness (QED) is 0.904. The van der Waals surface area contributed by atoms with Crippen LogP contribution in [0.5, 0.6) is 5.75 Å². The Morgan fingerprint density at radius 2 is 2.29 bits per heavy atom. The number of imidazole rings is 1. The Hall–Kier alpha value is -2.81. The van der Waals surface area contributed by atoms with Crippen LogP contribution in [-0.2, 0) is 0 Å². The largest absolute Gasteiger partial charge is 0.497 e. The SMILES string of the molecule is COc1cccc(-c2nc(C(=O)NC3CCC(C#N)C3)c(C)[nH]2)c1. The number of benzene rings is 1. The molecule has 1 saturated carbocycles. The molecule has 1 aliphatic carbocycles. The molecule has 2 N–H and O–H groups in total. The van der Waals surface area contributed by atoms with Crippen LogP contribution in [0.25, 0.3) is 11.4 Å². The van der Waals surface area contributed by atoms with E-state index < -0.39 is 0 Å². The minimum atomic E-state index is -0.193. The van der Waals surface area contributed by atoms with Gasteiger partial charge in [0.05, 0.1) is 13.2 Å². The van der Waals surface area contributed by atoms with Crippen molar-refractivity contribution in [2.45, 2.75) is 32.2 Å². The number of nitriles is 1. The van der Waals surface area contributed by atoms with Crippen LogP contribution in [0.1, 0.15) is 35.4 Å². The predicted molar refractivity (Wildman–Crippen MR) is 89.5 cm³/mol. The van der Waals surface area contributed by atoms with Crippen molar-refractivity contribution < 1.29 is 9.53 Å². The highest BCUT2D eigenvalue weighted by Gasteiger charge is 2.27. The summed E-state index contributed by atoms with van der Waals surface area (Å²) in [6, 6.07) is 9.85. The van der Waals surface area contributed by atoms with Crippen LogP contribution in [0.4, 0.5) is 0 Å². The summed E-state index contributed by atoms with van der Waals surface area (Å²) in [5, 5.41) is 12.0. The van der Waals surface area contributed by atoms with Crippen molar-refractivity contribution in [3.63, 3.8) is 0 Å². The number of carbonyl (C=O) groups excluding carboxylic acids is 1. The first-order chi connectivity index (χ1) is 11.6. The molecule has 0 saturated heterocycles. The number of H-pyrrole nitrogens is 1. The molecule has 24 heavy (non-hydrogen) atoms. The number of nitrogens with zero attached hydrogens (tertiary/aromatic N) is 2. The summed E-state index contributed by atoms with van der Waals surface area (Å²) in [4.78, 5) is 20.1. The Balaban J connectivity index is 1.76. The van der Waals surface area contributed by atoms with E-state index in [1.807, 2.05) is 31.2 Å². The van der Waals surface area contributed by atoms with Gasteiger partial charge in [-0.2, -0.15) is 5.26 Å². The number of methoxy groups -OCH3 is 1. The molecule has 1 heterocycles. The van der Waals surface area contributed by atoms with Crippen LogP contribution < -0.4 is 10.1 Å². The van der Waals surface area contributed by atoms with E-state index in [0.29, 0.717) is 17.9 Å². The maximum Gasteiger partial charge on any atom is 0.271 e. The van der Waals surface area contributed by atoms with E-state index in [0.717, 1.165) is 29.8 Å². The van der Waals surface area contributed by atoms with Crippen molar-refractivity contribution in [2.24, 2.45) is 5.92 Å². The van der Waals surface area contributed by atoms with Crippen LogP contribution >= 0.6 is 0 Å². The summed E-state index contributed by atoms with van der Waals surface area (Å²) in [5.41, 5.74) is 1.98. The molecule has 6 nitrogen and oxygen atoms in total. The van der Waals surface area contributed by atoms with Crippen LogP contribution in [0.2, 0.25) is 0 Å². The molecule has 6 heteroatoms. The third-order valence-electron chi connectivity index (χ3n) is 4.39. The van der Waals surface area contributed by atoms with Gasteiger partial charge >= 0.3 is 0 Å². The summed E-state index contributed by atoms with van der Waals surface area (Å²) in [6.45, 7) is 1.83. The number of nitrogens with one attached hydrogen (secondary N) is 2. The van der Waals surface area contributed by atoms with Gasteiger partial charge in [0.15, 0.2) is 0 Å². The van der Waals surface area contributed by atoms with Crippen molar-refractivity contribution in [3.8, 4) is 23.2 Å². The normalized spacial score (nSPS) is 19.7. The molecule has 1 amide bonds. The topological polar surface area (TPSA) is 90.8 Å². The Kier molecular flexibility index (Phi) is 4.52. The van der Waals surface area contributed by atoms with E-state index in [9.17, 15) is 4.79 Å². The molecule has 2 aromatic rings. The highest BCUT2D eigenvalue weighted by atomic mass is 16.5. The van der Waals surface area contributed by atoms with Crippen molar-refractivity contribution in [3.05, 3.63) is 35.7 Å². The fourth-order valence-corrected chi connectivity index (χ4v) is 3.07. The lowest BCUT2D eigenvalue weighted by Gasteiger charge is -2.10. The maximum atomic E-state index is 12.5. The van der Waals surface area contributed by atoms with Gasteiger partial charge in [-0.15, -0.1) is 0 Å². The number of hydrogen-bond donors (Lipinski definition) is 2. The van der Waals surface area contributed by atoms with Crippen LogP contribution in [0.15, 0.2) is 24.3 Å². The molecule has 0 bridgehead atoms. The summed E-state index contributed by atoms with van der Waals surface area (Å²) in [6.07, 6.45) is 2.40. The molecule has 3 rings (SSSR count). The average molecular weight is 324 g/mol. The molecule has 0 spiro atoms. The highest BCUT2D eigenvalue weighted by Crippen LogP contribution is 2.26. The molecule has 1 fully saturated rings. The molecule has 0 aliphatic heterocycles. The second-order valence-corrected chi connectivity index (χ2v) is 6.10. The molecule has 1 aliphatic rings. The molecule has 2 atom stereocenters. The summed E-state index contributed by atoms with van der Waals surface area (Å²) < 4.78 is 5.22. The second kappa shape index (κ2) is 6.75. The number of aromatic nitrogens is 2. The lowest BCUT2D eigenvalue weighted by molar-refractivity contribution is 0.0932. The van der Waals surface area contributed by atoms with E-state index in [4.69, 9.17) is 10.00 Å². The number of hydrogen-bond acceptors (Lipinski definition) is 4. The first-order valence-corrected chi connectivity index (χ1v) is 8.02.